The van der Waals surface area contributed by atoms with Gasteiger partial charge in [-0.1, -0.05) is 20.8 Å². The van der Waals surface area contributed by atoms with Crippen molar-refractivity contribution in [2.75, 3.05) is 13.1 Å². The van der Waals surface area contributed by atoms with Gasteiger partial charge in [0.25, 0.3) is 0 Å². The lowest BCUT2D eigenvalue weighted by molar-refractivity contribution is -0.128. The zero-order valence-corrected chi connectivity index (χ0v) is 9.45. The topological polar surface area (TPSA) is 81.6 Å². The van der Waals surface area contributed by atoms with Crippen molar-refractivity contribution in [3.8, 4) is 0 Å². The largest absolute Gasteiger partial charge is 0.389 e. The van der Waals surface area contributed by atoms with Crippen LogP contribution in [-0.4, -0.2) is 47.5 Å². The summed E-state index contributed by atoms with van der Waals surface area (Å²) in [5.41, 5.74) is -0.428. The van der Waals surface area contributed by atoms with Crippen molar-refractivity contribution in [3.05, 3.63) is 0 Å². The molecule has 1 aliphatic heterocycles. The Morgan fingerprint density at radius 2 is 2.07 bits per heavy atom. The molecule has 3 atom stereocenters. The molecule has 0 bridgehead atoms. The highest BCUT2D eigenvalue weighted by Gasteiger charge is 2.33. The van der Waals surface area contributed by atoms with Gasteiger partial charge < -0.3 is 20.8 Å². The molecule has 1 aliphatic rings. The molecule has 1 rings (SSSR count). The van der Waals surface area contributed by atoms with Crippen molar-refractivity contribution in [1.29, 1.82) is 0 Å². The van der Waals surface area contributed by atoms with Crippen molar-refractivity contribution in [2.45, 2.75) is 39.0 Å². The van der Waals surface area contributed by atoms with Crippen LogP contribution in [0.3, 0.4) is 0 Å². The molecule has 0 aliphatic carbocycles. The third-order valence-electron chi connectivity index (χ3n) is 2.56. The van der Waals surface area contributed by atoms with Gasteiger partial charge in [0.15, 0.2) is 0 Å². The Balaban J connectivity index is 2.35. The van der Waals surface area contributed by atoms with Gasteiger partial charge >= 0.3 is 0 Å². The fraction of sp³-hybridized carbons (Fsp3) is 0.900. The second kappa shape index (κ2) is 4.47. The lowest BCUT2D eigenvalue weighted by Gasteiger charge is -2.21. The summed E-state index contributed by atoms with van der Waals surface area (Å²) < 4.78 is 0. The van der Waals surface area contributed by atoms with Crippen LogP contribution in [0, 0.1) is 5.41 Å². The van der Waals surface area contributed by atoms with Gasteiger partial charge in [-0.25, -0.2) is 0 Å². The van der Waals surface area contributed by atoms with Gasteiger partial charge in [-0.3, -0.25) is 4.79 Å². The quantitative estimate of drug-likeness (QED) is 0.469. The summed E-state index contributed by atoms with van der Waals surface area (Å²) in [6.45, 7) is 6.20. The van der Waals surface area contributed by atoms with Crippen molar-refractivity contribution >= 4 is 5.91 Å². The molecule has 1 saturated heterocycles. The molecule has 88 valence electrons. The molecule has 0 saturated carbocycles. The lowest BCUT2D eigenvalue weighted by Crippen LogP contribution is -2.46. The number of hydrogen-bond donors (Lipinski definition) is 4. The van der Waals surface area contributed by atoms with Gasteiger partial charge in [-0.15, -0.1) is 0 Å². The molecule has 0 aromatic heterocycles. The first-order valence-corrected chi connectivity index (χ1v) is 5.20. The smallest absolute Gasteiger partial charge is 0.225 e. The number of hydrogen-bond acceptors (Lipinski definition) is 4. The number of β-amino-alcohol motifs (C(OH)–C–C–N with tert-alkyl or cyclic N) is 1. The van der Waals surface area contributed by atoms with E-state index in [4.69, 9.17) is 0 Å². The first-order valence-electron chi connectivity index (χ1n) is 5.20. The van der Waals surface area contributed by atoms with Gasteiger partial charge in [0.2, 0.25) is 5.91 Å². The molecule has 0 aromatic carbocycles. The average molecular weight is 216 g/mol. The van der Waals surface area contributed by atoms with Crippen molar-refractivity contribution < 1.29 is 15.0 Å². The van der Waals surface area contributed by atoms with Gasteiger partial charge in [0.05, 0.1) is 18.2 Å². The number of aliphatic hydroxyl groups excluding tert-OH is 2. The Kier molecular flexibility index (Phi) is 3.70. The Bertz CT molecular complexity index is 237. The van der Waals surface area contributed by atoms with Crippen molar-refractivity contribution in [2.24, 2.45) is 5.41 Å². The van der Waals surface area contributed by atoms with E-state index in [9.17, 15) is 15.0 Å². The van der Waals surface area contributed by atoms with E-state index in [1.165, 1.54) is 0 Å². The van der Waals surface area contributed by atoms with E-state index in [1.54, 1.807) is 0 Å². The molecule has 15 heavy (non-hydrogen) atoms. The van der Waals surface area contributed by atoms with E-state index in [1.807, 2.05) is 20.8 Å². The first kappa shape index (κ1) is 12.4. The van der Waals surface area contributed by atoms with Crippen molar-refractivity contribution in [1.82, 2.24) is 10.6 Å². The standard InChI is InChI=1S/C10H20N2O3/c1-10(2,3)9(15)12-4-6-8(14)7(13)5-11-6/h6-8,11,13-14H,4-5H2,1-3H3,(H,12,15). The van der Waals surface area contributed by atoms with Gasteiger partial charge in [-0.05, 0) is 0 Å². The molecule has 0 spiro atoms. The van der Waals surface area contributed by atoms with Gasteiger partial charge in [0.1, 0.15) is 0 Å². The summed E-state index contributed by atoms with van der Waals surface area (Å²) >= 11 is 0. The molecule has 4 N–H and O–H groups in total. The minimum absolute atomic E-state index is 0.0575. The number of carbonyl (C=O) groups is 1. The fourth-order valence-electron chi connectivity index (χ4n) is 1.44. The molecule has 1 amide bonds. The van der Waals surface area contributed by atoms with E-state index in [0.29, 0.717) is 13.1 Å². The van der Waals surface area contributed by atoms with Crippen LogP contribution in [0.1, 0.15) is 20.8 Å². The minimum Gasteiger partial charge on any atom is -0.389 e. The second-order valence-corrected chi connectivity index (χ2v) is 5.03. The van der Waals surface area contributed by atoms with E-state index in [0.717, 1.165) is 0 Å². The van der Waals surface area contributed by atoms with Crippen molar-refractivity contribution in [3.63, 3.8) is 0 Å². The van der Waals surface area contributed by atoms with E-state index >= 15 is 0 Å². The maximum Gasteiger partial charge on any atom is 0.225 e. The molecule has 1 fully saturated rings. The van der Waals surface area contributed by atoms with Crippen LogP contribution < -0.4 is 10.6 Å². The van der Waals surface area contributed by atoms with Gasteiger partial charge in [0, 0.05) is 18.5 Å². The summed E-state index contributed by atoms with van der Waals surface area (Å²) in [4.78, 5) is 11.5. The number of amides is 1. The maximum absolute atomic E-state index is 11.5. The molecular weight excluding hydrogens is 196 g/mol. The minimum atomic E-state index is -0.801. The van der Waals surface area contributed by atoms with Crippen LogP contribution in [0.5, 0.6) is 0 Å². The number of nitrogens with one attached hydrogen (secondary N) is 2. The molecule has 1 heterocycles. The zero-order valence-electron chi connectivity index (χ0n) is 9.45. The van der Waals surface area contributed by atoms with Crippen LogP contribution in [0.15, 0.2) is 0 Å². The van der Waals surface area contributed by atoms with Crippen LogP contribution in [0.2, 0.25) is 0 Å². The molecule has 0 aromatic rings. The normalized spacial score (nSPS) is 31.7. The molecule has 5 heteroatoms. The fourth-order valence-corrected chi connectivity index (χ4v) is 1.44. The monoisotopic (exact) mass is 216 g/mol. The number of carbonyl (C=O) groups excluding carboxylic acids is 1. The number of aliphatic hydroxyl groups is 2. The third kappa shape index (κ3) is 3.15. The predicted molar refractivity (Wildman–Crippen MR) is 56.3 cm³/mol. The molecule has 5 nitrogen and oxygen atoms in total. The Labute approximate surface area is 89.9 Å². The third-order valence-corrected chi connectivity index (χ3v) is 2.56. The van der Waals surface area contributed by atoms with Crippen LogP contribution in [0.25, 0.3) is 0 Å². The van der Waals surface area contributed by atoms with Gasteiger partial charge in [-0.2, -0.15) is 0 Å². The van der Waals surface area contributed by atoms with E-state index in [2.05, 4.69) is 10.6 Å². The Morgan fingerprint density at radius 1 is 1.47 bits per heavy atom. The van der Waals surface area contributed by atoms with E-state index < -0.39 is 17.6 Å². The highest BCUT2D eigenvalue weighted by Crippen LogP contribution is 2.13. The Hall–Kier alpha value is -0.650. The highest BCUT2D eigenvalue weighted by atomic mass is 16.3. The summed E-state index contributed by atoms with van der Waals surface area (Å²) in [6, 6.07) is -0.258. The molecular formula is C10H20N2O3. The predicted octanol–water partition coefficient (Wildman–Crippen LogP) is -1.16. The summed E-state index contributed by atoms with van der Waals surface area (Å²) in [5, 5.41) is 24.5. The maximum atomic E-state index is 11.5. The average Bonchev–Trinajstić information content (AvgIpc) is 2.43. The molecule has 3 unspecified atom stereocenters. The molecule has 0 radical (unpaired) electrons. The van der Waals surface area contributed by atoms with E-state index in [-0.39, 0.29) is 11.9 Å². The van der Waals surface area contributed by atoms with Crippen LogP contribution in [0.4, 0.5) is 0 Å². The summed E-state index contributed by atoms with van der Waals surface area (Å²) in [7, 11) is 0. The summed E-state index contributed by atoms with van der Waals surface area (Å²) in [6.07, 6.45) is -1.54. The highest BCUT2D eigenvalue weighted by molar-refractivity contribution is 5.81. The zero-order chi connectivity index (χ0) is 11.6. The SMILES string of the molecule is CC(C)(C)C(=O)NCC1NCC(O)C1O. The first-order chi connectivity index (χ1) is 6.82. The van der Waals surface area contributed by atoms with Crippen LogP contribution >= 0.6 is 0 Å². The lowest BCUT2D eigenvalue weighted by atomic mass is 9.95. The van der Waals surface area contributed by atoms with Crippen LogP contribution in [-0.2, 0) is 4.79 Å². The Morgan fingerprint density at radius 3 is 2.47 bits per heavy atom. The summed E-state index contributed by atoms with van der Waals surface area (Å²) in [5.74, 6) is -0.0575. The second-order valence-electron chi connectivity index (χ2n) is 5.03. The number of rotatable bonds is 2.